The molecule has 1 saturated heterocycles. The molecule has 1 fully saturated rings. The minimum absolute atomic E-state index is 0.880. The molecule has 3 N–H and O–H groups in total. The summed E-state index contributed by atoms with van der Waals surface area (Å²) in [6.07, 6.45) is 7.55. The highest BCUT2D eigenvalue weighted by Gasteiger charge is 2.20. The number of nitrogens with zero attached hydrogens (tertiary/aromatic N) is 2. The van der Waals surface area contributed by atoms with E-state index in [9.17, 15) is 0 Å². The Morgan fingerprint density at radius 2 is 2.00 bits per heavy atom. The van der Waals surface area contributed by atoms with Crippen molar-refractivity contribution in [2.75, 3.05) is 19.6 Å². The number of hydrogen-bond acceptors (Lipinski definition) is 2. The van der Waals surface area contributed by atoms with Crippen LogP contribution in [0.5, 0.6) is 0 Å². The fourth-order valence-electron chi connectivity index (χ4n) is 2.42. The first kappa shape index (κ1) is 14.3. The third kappa shape index (κ3) is 4.94. The van der Waals surface area contributed by atoms with E-state index in [1.807, 2.05) is 0 Å². The van der Waals surface area contributed by atoms with Gasteiger partial charge in [0.15, 0.2) is 0 Å². The van der Waals surface area contributed by atoms with Crippen molar-refractivity contribution in [3.63, 3.8) is 0 Å². The summed E-state index contributed by atoms with van der Waals surface area (Å²) in [5.41, 5.74) is 2.75. The zero-order chi connectivity index (χ0) is 12.5. The first-order valence-corrected chi connectivity index (χ1v) is 7.07. The van der Waals surface area contributed by atoms with Gasteiger partial charge in [-0.25, -0.2) is 5.84 Å². The van der Waals surface area contributed by atoms with Crippen LogP contribution in [0.1, 0.15) is 52.4 Å². The van der Waals surface area contributed by atoms with E-state index in [0.717, 1.165) is 37.9 Å². The Hall–Kier alpha value is -0.770. The Kier molecular flexibility index (Phi) is 7.01. The molecule has 0 aromatic heterocycles. The van der Waals surface area contributed by atoms with Gasteiger partial charge in [0.1, 0.15) is 0 Å². The summed E-state index contributed by atoms with van der Waals surface area (Å²) in [5.74, 6) is 7.35. The highest BCUT2D eigenvalue weighted by molar-refractivity contribution is 5.79. The van der Waals surface area contributed by atoms with Crippen LogP contribution in [-0.2, 0) is 0 Å². The molecule has 0 aliphatic carbocycles. The Morgan fingerprint density at radius 3 is 2.53 bits per heavy atom. The third-order valence-corrected chi connectivity index (χ3v) is 3.51. The van der Waals surface area contributed by atoms with E-state index in [4.69, 9.17) is 5.84 Å². The topological polar surface area (TPSA) is 53.6 Å². The molecule has 0 aromatic carbocycles. The standard InChI is InChI=1S/C13H28N4/c1-3-5-9-15-13(16-14)17-10-7-12(6-4-2)8-11-17/h12H,3-11,14H2,1-2H3,(H,15,16). The number of aliphatic imine (C=N–C) groups is 1. The van der Waals surface area contributed by atoms with Gasteiger partial charge in [-0.15, -0.1) is 0 Å². The van der Waals surface area contributed by atoms with Crippen LogP contribution in [0.3, 0.4) is 0 Å². The number of guanidine groups is 1. The van der Waals surface area contributed by atoms with Crippen molar-refractivity contribution in [3.05, 3.63) is 0 Å². The lowest BCUT2D eigenvalue weighted by atomic mass is 9.93. The van der Waals surface area contributed by atoms with Gasteiger partial charge in [-0.05, 0) is 25.2 Å². The SMILES string of the molecule is CCCCN=C(NN)N1CCC(CCC)CC1. The average Bonchev–Trinajstić information content (AvgIpc) is 2.36. The number of hydrogen-bond donors (Lipinski definition) is 2. The predicted octanol–water partition coefficient (Wildman–Crippen LogP) is 2.12. The minimum atomic E-state index is 0.880. The van der Waals surface area contributed by atoms with Crippen LogP contribution in [0, 0.1) is 5.92 Å². The lowest BCUT2D eigenvalue weighted by molar-refractivity contribution is 0.249. The van der Waals surface area contributed by atoms with Crippen LogP contribution in [0.4, 0.5) is 0 Å². The van der Waals surface area contributed by atoms with Gasteiger partial charge in [-0.3, -0.25) is 10.4 Å². The summed E-state index contributed by atoms with van der Waals surface area (Å²) in [6.45, 7) is 7.53. The number of rotatable bonds is 5. The molecule has 100 valence electrons. The molecule has 0 spiro atoms. The maximum Gasteiger partial charge on any atom is 0.208 e. The van der Waals surface area contributed by atoms with E-state index < -0.39 is 0 Å². The molecule has 0 amide bonds. The van der Waals surface area contributed by atoms with Gasteiger partial charge >= 0.3 is 0 Å². The largest absolute Gasteiger partial charge is 0.342 e. The smallest absolute Gasteiger partial charge is 0.208 e. The van der Waals surface area contributed by atoms with Gasteiger partial charge in [0.05, 0.1) is 0 Å². The number of piperidine rings is 1. The molecule has 0 atom stereocenters. The van der Waals surface area contributed by atoms with Crippen molar-refractivity contribution in [1.29, 1.82) is 0 Å². The summed E-state index contributed by atoms with van der Waals surface area (Å²) in [7, 11) is 0. The van der Waals surface area contributed by atoms with Crippen molar-refractivity contribution in [2.45, 2.75) is 52.4 Å². The maximum absolute atomic E-state index is 5.56. The minimum Gasteiger partial charge on any atom is -0.342 e. The van der Waals surface area contributed by atoms with Gasteiger partial charge in [0.25, 0.3) is 0 Å². The van der Waals surface area contributed by atoms with Crippen molar-refractivity contribution < 1.29 is 0 Å². The van der Waals surface area contributed by atoms with E-state index in [-0.39, 0.29) is 0 Å². The Bertz CT molecular complexity index is 219. The van der Waals surface area contributed by atoms with Crippen molar-refractivity contribution in [2.24, 2.45) is 16.8 Å². The lowest BCUT2D eigenvalue weighted by Gasteiger charge is -2.33. The highest BCUT2D eigenvalue weighted by atomic mass is 15.4. The van der Waals surface area contributed by atoms with Crippen LogP contribution in [0.2, 0.25) is 0 Å². The Labute approximate surface area is 106 Å². The molecule has 4 heteroatoms. The van der Waals surface area contributed by atoms with Crippen LogP contribution < -0.4 is 11.3 Å². The van der Waals surface area contributed by atoms with Crippen molar-refractivity contribution >= 4 is 5.96 Å². The van der Waals surface area contributed by atoms with Crippen LogP contribution >= 0.6 is 0 Å². The molecule has 0 aromatic rings. The normalized spacial score (nSPS) is 18.5. The lowest BCUT2D eigenvalue weighted by Crippen LogP contribution is -2.48. The molecule has 1 aliphatic heterocycles. The number of nitrogens with two attached hydrogens (primary N) is 1. The van der Waals surface area contributed by atoms with E-state index in [1.54, 1.807) is 0 Å². The molecule has 0 bridgehead atoms. The average molecular weight is 240 g/mol. The van der Waals surface area contributed by atoms with E-state index in [0.29, 0.717) is 0 Å². The fourth-order valence-corrected chi connectivity index (χ4v) is 2.42. The summed E-state index contributed by atoms with van der Waals surface area (Å²) >= 11 is 0. The molecule has 0 radical (unpaired) electrons. The summed E-state index contributed by atoms with van der Waals surface area (Å²) in [6, 6.07) is 0. The molecule has 0 saturated carbocycles. The fraction of sp³-hybridized carbons (Fsp3) is 0.923. The molecule has 17 heavy (non-hydrogen) atoms. The monoisotopic (exact) mass is 240 g/mol. The van der Waals surface area contributed by atoms with Gasteiger partial charge in [-0.2, -0.15) is 0 Å². The zero-order valence-electron chi connectivity index (χ0n) is 11.4. The number of hydrazine groups is 1. The molecule has 1 heterocycles. The highest BCUT2D eigenvalue weighted by Crippen LogP contribution is 2.21. The Morgan fingerprint density at radius 1 is 1.29 bits per heavy atom. The van der Waals surface area contributed by atoms with Gasteiger partial charge in [0.2, 0.25) is 5.96 Å². The Balaban J connectivity index is 2.36. The van der Waals surface area contributed by atoms with E-state index in [1.165, 1.54) is 32.1 Å². The summed E-state index contributed by atoms with van der Waals surface area (Å²) in [4.78, 5) is 6.83. The van der Waals surface area contributed by atoms with Crippen molar-refractivity contribution in [3.8, 4) is 0 Å². The van der Waals surface area contributed by atoms with Gasteiger partial charge in [0, 0.05) is 19.6 Å². The molecule has 0 unspecified atom stereocenters. The molecular formula is C13H28N4. The zero-order valence-corrected chi connectivity index (χ0v) is 11.4. The van der Waals surface area contributed by atoms with Crippen LogP contribution in [0.25, 0.3) is 0 Å². The number of unbranched alkanes of at least 4 members (excludes halogenated alkanes) is 1. The van der Waals surface area contributed by atoms with Crippen LogP contribution in [0.15, 0.2) is 4.99 Å². The number of likely N-dealkylation sites (tertiary alicyclic amines) is 1. The third-order valence-electron chi connectivity index (χ3n) is 3.51. The summed E-state index contributed by atoms with van der Waals surface area (Å²) in [5, 5.41) is 0. The van der Waals surface area contributed by atoms with Crippen LogP contribution in [-0.4, -0.2) is 30.5 Å². The van der Waals surface area contributed by atoms with E-state index >= 15 is 0 Å². The molecule has 4 nitrogen and oxygen atoms in total. The first-order valence-electron chi connectivity index (χ1n) is 7.07. The second-order valence-corrected chi connectivity index (χ2v) is 4.92. The maximum atomic E-state index is 5.56. The number of nitrogens with one attached hydrogen (secondary N) is 1. The van der Waals surface area contributed by atoms with Crippen molar-refractivity contribution in [1.82, 2.24) is 10.3 Å². The second kappa shape index (κ2) is 8.34. The van der Waals surface area contributed by atoms with E-state index in [2.05, 4.69) is 29.2 Å². The predicted molar refractivity (Wildman–Crippen MR) is 73.7 cm³/mol. The first-order chi connectivity index (χ1) is 8.31. The van der Waals surface area contributed by atoms with Gasteiger partial charge in [-0.1, -0.05) is 33.1 Å². The molecule has 1 aliphatic rings. The quantitative estimate of drug-likeness (QED) is 0.254. The summed E-state index contributed by atoms with van der Waals surface area (Å²) < 4.78 is 0. The molecule has 1 rings (SSSR count). The van der Waals surface area contributed by atoms with Gasteiger partial charge < -0.3 is 4.90 Å². The second-order valence-electron chi connectivity index (χ2n) is 4.92. The molecular weight excluding hydrogens is 212 g/mol.